The number of hydrogen-bond donors (Lipinski definition) is 1. The molecular formula is C18H17F3N4O3. The smallest absolute Gasteiger partial charge is 0.308 e. The van der Waals surface area contributed by atoms with Crippen LogP contribution in [0.2, 0.25) is 0 Å². The predicted octanol–water partition coefficient (Wildman–Crippen LogP) is 3.02. The van der Waals surface area contributed by atoms with E-state index in [9.17, 15) is 28.1 Å². The molecule has 0 unspecified atom stereocenters. The van der Waals surface area contributed by atoms with Crippen LogP contribution in [-0.2, 0) is 0 Å². The molecule has 0 radical (unpaired) electrons. The average Bonchev–Trinajstić information content (AvgIpc) is 2.67. The summed E-state index contributed by atoms with van der Waals surface area (Å²) in [7, 11) is 2.04. The molecule has 0 bridgehead atoms. The van der Waals surface area contributed by atoms with Crippen LogP contribution >= 0.6 is 0 Å². The number of rotatable bonds is 4. The standard InChI is InChI=1S/C18H17F3N4O3/c1-23-6-8-24(9-7-23)12-4-2-11(3-5-12)22-18(26)13-10-14(25(27)28)16(20)17(21)15(13)19/h2-5,10H,6-9H2,1H3,(H,22,26). The van der Waals surface area contributed by atoms with Gasteiger partial charge in [-0.2, -0.15) is 4.39 Å². The molecule has 2 aromatic carbocycles. The molecule has 0 aliphatic carbocycles. The maximum absolute atomic E-state index is 13.9. The molecule has 1 aliphatic rings. The second-order valence-electron chi connectivity index (χ2n) is 6.43. The molecule has 1 aliphatic heterocycles. The summed E-state index contributed by atoms with van der Waals surface area (Å²) in [6.45, 7) is 3.55. The van der Waals surface area contributed by atoms with E-state index in [0.29, 0.717) is 6.07 Å². The fourth-order valence-corrected chi connectivity index (χ4v) is 2.91. The molecular weight excluding hydrogens is 377 g/mol. The Morgan fingerprint density at radius 3 is 2.21 bits per heavy atom. The number of amides is 1. The number of likely N-dealkylation sites (N-methyl/N-ethyl adjacent to an activating group) is 1. The van der Waals surface area contributed by atoms with E-state index in [1.807, 2.05) is 7.05 Å². The van der Waals surface area contributed by atoms with Gasteiger partial charge in [0.1, 0.15) is 0 Å². The summed E-state index contributed by atoms with van der Waals surface area (Å²) in [6.07, 6.45) is 0. The summed E-state index contributed by atoms with van der Waals surface area (Å²) >= 11 is 0. The van der Waals surface area contributed by atoms with E-state index < -0.39 is 39.5 Å². The highest BCUT2D eigenvalue weighted by molar-refractivity contribution is 6.05. The number of nitrogens with zero attached hydrogens (tertiary/aromatic N) is 3. The van der Waals surface area contributed by atoms with Crippen LogP contribution in [0.15, 0.2) is 30.3 Å². The number of halogens is 3. The molecule has 1 amide bonds. The van der Waals surface area contributed by atoms with E-state index in [2.05, 4.69) is 15.1 Å². The molecule has 148 valence electrons. The van der Waals surface area contributed by atoms with Crippen molar-refractivity contribution in [2.45, 2.75) is 0 Å². The average molecular weight is 394 g/mol. The number of carbonyl (C=O) groups is 1. The molecule has 1 heterocycles. The molecule has 0 saturated carbocycles. The number of anilines is 2. The largest absolute Gasteiger partial charge is 0.369 e. The number of nitro groups is 1. The summed E-state index contributed by atoms with van der Waals surface area (Å²) in [4.78, 5) is 26.1. The zero-order chi connectivity index (χ0) is 20.4. The number of benzene rings is 2. The number of hydrogen-bond acceptors (Lipinski definition) is 5. The van der Waals surface area contributed by atoms with Crippen LogP contribution in [-0.4, -0.2) is 49.0 Å². The van der Waals surface area contributed by atoms with Crippen molar-refractivity contribution in [3.63, 3.8) is 0 Å². The highest BCUT2D eigenvalue weighted by Gasteiger charge is 2.28. The summed E-state index contributed by atoms with van der Waals surface area (Å²) < 4.78 is 40.9. The molecule has 0 aromatic heterocycles. The van der Waals surface area contributed by atoms with E-state index >= 15 is 0 Å². The topological polar surface area (TPSA) is 78.7 Å². The molecule has 0 spiro atoms. The molecule has 7 nitrogen and oxygen atoms in total. The third-order valence-electron chi connectivity index (χ3n) is 4.56. The maximum Gasteiger partial charge on any atom is 0.308 e. The van der Waals surface area contributed by atoms with Crippen LogP contribution in [0.3, 0.4) is 0 Å². The van der Waals surface area contributed by atoms with E-state index in [1.54, 1.807) is 24.3 Å². The van der Waals surface area contributed by atoms with Gasteiger partial charge in [-0.25, -0.2) is 8.78 Å². The van der Waals surface area contributed by atoms with Crippen LogP contribution < -0.4 is 10.2 Å². The highest BCUT2D eigenvalue weighted by Crippen LogP contribution is 2.26. The molecule has 0 atom stereocenters. The Morgan fingerprint density at radius 2 is 1.64 bits per heavy atom. The van der Waals surface area contributed by atoms with Gasteiger partial charge in [0.2, 0.25) is 11.6 Å². The van der Waals surface area contributed by atoms with Crippen molar-refractivity contribution in [1.29, 1.82) is 0 Å². The van der Waals surface area contributed by atoms with Crippen LogP contribution in [0.4, 0.5) is 30.2 Å². The van der Waals surface area contributed by atoms with Gasteiger partial charge in [-0.15, -0.1) is 0 Å². The highest BCUT2D eigenvalue weighted by atomic mass is 19.2. The molecule has 1 N–H and O–H groups in total. The Kier molecular flexibility index (Phi) is 5.50. The number of nitro benzene ring substituents is 1. The third-order valence-corrected chi connectivity index (χ3v) is 4.56. The number of nitrogens with one attached hydrogen (secondary N) is 1. The molecule has 1 fully saturated rings. The lowest BCUT2D eigenvalue weighted by Crippen LogP contribution is -2.44. The Balaban J connectivity index is 1.77. The van der Waals surface area contributed by atoms with Gasteiger partial charge in [-0.3, -0.25) is 14.9 Å². The third kappa shape index (κ3) is 3.91. The zero-order valence-electron chi connectivity index (χ0n) is 14.9. The van der Waals surface area contributed by atoms with Gasteiger partial charge in [0.05, 0.1) is 10.5 Å². The Hall–Kier alpha value is -3.14. The van der Waals surface area contributed by atoms with Gasteiger partial charge < -0.3 is 15.1 Å². The number of carbonyl (C=O) groups excluding carboxylic acids is 1. The van der Waals surface area contributed by atoms with Gasteiger partial charge in [-0.1, -0.05) is 0 Å². The van der Waals surface area contributed by atoms with E-state index in [-0.39, 0.29) is 5.69 Å². The van der Waals surface area contributed by atoms with Crippen molar-refractivity contribution in [2.24, 2.45) is 0 Å². The molecule has 28 heavy (non-hydrogen) atoms. The fourth-order valence-electron chi connectivity index (χ4n) is 2.91. The first-order chi connectivity index (χ1) is 13.3. The minimum absolute atomic E-state index is 0.287. The predicted molar refractivity (Wildman–Crippen MR) is 97.1 cm³/mol. The summed E-state index contributed by atoms with van der Waals surface area (Å²) in [5.41, 5.74) is -1.03. The van der Waals surface area contributed by atoms with Crippen molar-refractivity contribution in [3.05, 3.63) is 63.5 Å². The summed E-state index contributed by atoms with van der Waals surface area (Å²) in [6, 6.07) is 7.08. The second kappa shape index (κ2) is 7.85. The van der Waals surface area contributed by atoms with E-state index in [4.69, 9.17) is 0 Å². The molecule has 1 saturated heterocycles. The minimum atomic E-state index is -2.07. The molecule has 2 aromatic rings. The minimum Gasteiger partial charge on any atom is -0.369 e. The van der Waals surface area contributed by atoms with Gasteiger partial charge in [0.25, 0.3) is 5.91 Å². The first kappa shape index (κ1) is 19.6. The van der Waals surface area contributed by atoms with Crippen molar-refractivity contribution >= 4 is 23.0 Å². The van der Waals surface area contributed by atoms with Crippen LogP contribution in [0.1, 0.15) is 10.4 Å². The monoisotopic (exact) mass is 394 g/mol. The lowest BCUT2D eigenvalue weighted by Gasteiger charge is -2.34. The fraction of sp³-hybridized carbons (Fsp3) is 0.278. The van der Waals surface area contributed by atoms with E-state index in [0.717, 1.165) is 31.9 Å². The first-order valence-corrected chi connectivity index (χ1v) is 8.44. The van der Waals surface area contributed by atoms with Crippen LogP contribution in [0, 0.1) is 27.6 Å². The van der Waals surface area contributed by atoms with Crippen LogP contribution in [0.5, 0.6) is 0 Å². The lowest BCUT2D eigenvalue weighted by molar-refractivity contribution is -0.387. The Labute approximate surface area is 158 Å². The van der Waals surface area contributed by atoms with Crippen LogP contribution in [0.25, 0.3) is 0 Å². The van der Waals surface area contributed by atoms with Gasteiger partial charge in [0, 0.05) is 43.6 Å². The maximum atomic E-state index is 13.9. The Bertz CT molecular complexity index is 913. The quantitative estimate of drug-likeness (QED) is 0.490. The van der Waals surface area contributed by atoms with Crippen molar-refractivity contribution < 1.29 is 22.9 Å². The summed E-state index contributed by atoms with van der Waals surface area (Å²) in [5.74, 6) is -6.91. The first-order valence-electron chi connectivity index (χ1n) is 8.44. The molecule has 10 heteroatoms. The SMILES string of the molecule is CN1CCN(c2ccc(NC(=O)c3cc([N+](=O)[O-])c(F)c(F)c3F)cc2)CC1. The summed E-state index contributed by atoms with van der Waals surface area (Å²) in [5, 5.41) is 13.1. The van der Waals surface area contributed by atoms with Gasteiger partial charge in [-0.05, 0) is 31.3 Å². The second-order valence-corrected chi connectivity index (χ2v) is 6.43. The van der Waals surface area contributed by atoms with Gasteiger partial charge in [0.15, 0.2) is 5.82 Å². The van der Waals surface area contributed by atoms with Crippen molar-refractivity contribution in [1.82, 2.24) is 4.90 Å². The van der Waals surface area contributed by atoms with Crippen molar-refractivity contribution in [2.75, 3.05) is 43.4 Å². The van der Waals surface area contributed by atoms with Gasteiger partial charge >= 0.3 is 5.69 Å². The molecule has 3 rings (SSSR count). The lowest BCUT2D eigenvalue weighted by atomic mass is 10.1. The van der Waals surface area contributed by atoms with Crippen molar-refractivity contribution in [3.8, 4) is 0 Å². The zero-order valence-corrected chi connectivity index (χ0v) is 14.9. The van der Waals surface area contributed by atoms with E-state index in [1.165, 1.54) is 0 Å². The Morgan fingerprint density at radius 1 is 1.04 bits per heavy atom. The normalized spacial score (nSPS) is 14.8. The number of piperazine rings is 1.